The van der Waals surface area contributed by atoms with Crippen LogP contribution in [0.3, 0.4) is 0 Å². The number of hydrogen-bond donors (Lipinski definition) is 3. The summed E-state index contributed by atoms with van der Waals surface area (Å²) in [7, 11) is 0. The predicted octanol–water partition coefficient (Wildman–Crippen LogP) is 3.95. The van der Waals surface area contributed by atoms with Crippen LogP contribution in [-0.4, -0.2) is 26.4 Å². The number of halogens is 1. The molecule has 3 aromatic rings. The number of rotatable bonds is 3. The maximum absolute atomic E-state index is 11.3. The molecule has 2 aromatic carbocycles. The van der Waals surface area contributed by atoms with Gasteiger partial charge in [0, 0.05) is 10.9 Å². The van der Waals surface area contributed by atoms with E-state index < -0.39 is 11.6 Å². The number of nitrogens with one attached hydrogen (secondary N) is 1. The van der Waals surface area contributed by atoms with Crippen molar-refractivity contribution in [1.29, 1.82) is 0 Å². The summed E-state index contributed by atoms with van der Waals surface area (Å²) in [6, 6.07) is 11.0. The summed E-state index contributed by atoms with van der Waals surface area (Å²) in [6.07, 6.45) is 2.62. The van der Waals surface area contributed by atoms with Crippen molar-refractivity contribution in [3.05, 3.63) is 52.7 Å². The first kappa shape index (κ1) is 15.2. The van der Waals surface area contributed by atoms with Gasteiger partial charge in [0.15, 0.2) is 5.69 Å². The Morgan fingerprint density at radius 2 is 1.92 bits per heavy atom. The van der Waals surface area contributed by atoms with E-state index in [9.17, 15) is 15.0 Å². The van der Waals surface area contributed by atoms with E-state index in [2.05, 4.69) is 10.2 Å². The van der Waals surface area contributed by atoms with E-state index in [0.717, 1.165) is 36.0 Å². The first-order valence-electron chi connectivity index (χ1n) is 7.72. The molecule has 3 N–H and O–H groups in total. The third kappa shape index (κ3) is 2.28. The lowest BCUT2D eigenvalue weighted by molar-refractivity contribution is -0.0387. The molecular weight excluding hydrogens is 328 g/mol. The lowest BCUT2D eigenvalue weighted by Gasteiger charge is -2.37. The molecule has 0 spiro atoms. The minimum absolute atomic E-state index is 0.0247. The van der Waals surface area contributed by atoms with Crippen LogP contribution in [-0.2, 0) is 5.60 Å². The monoisotopic (exact) mass is 342 g/mol. The topological polar surface area (TPSA) is 86.2 Å². The summed E-state index contributed by atoms with van der Waals surface area (Å²) in [5.41, 5.74) is 2.37. The van der Waals surface area contributed by atoms with E-state index in [1.54, 1.807) is 12.1 Å². The Morgan fingerprint density at radius 1 is 1.21 bits per heavy atom. The fourth-order valence-corrected chi connectivity index (χ4v) is 3.46. The zero-order valence-corrected chi connectivity index (χ0v) is 13.5. The highest BCUT2D eigenvalue weighted by Crippen LogP contribution is 2.42. The third-order valence-corrected chi connectivity index (χ3v) is 5.08. The summed E-state index contributed by atoms with van der Waals surface area (Å²) >= 11 is 6.35. The second kappa shape index (κ2) is 5.33. The molecule has 1 fully saturated rings. The van der Waals surface area contributed by atoms with Gasteiger partial charge < -0.3 is 10.2 Å². The van der Waals surface area contributed by atoms with Crippen LogP contribution < -0.4 is 0 Å². The van der Waals surface area contributed by atoms with Crippen molar-refractivity contribution in [2.75, 3.05) is 0 Å². The van der Waals surface area contributed by atoms with Crippen molar-refractivity contribution in [3.63, 3.8) is 0 Å². The smallest absolute Gasteiger partial charge is 0.357 e. The number of carboxylic acid groups (broad SMARTS) is 1. The van der Waals surface area contributed by atoms with Gasteiger partial charge in [0.2, 0.25) is 0 Å². The van der Waals surface area contributed by atoms with Crippen LogP contribution >= 0.6 is 11.6 Å². The lowest BCUT2D eigenvalue weighted by Crippen LogP contribution is -2.33. The first-order valence-corrected chi connectivity index (χ1v) is 8.10. The summed E-state index contributed by atoms with van der Waals surface area (Å²) < 4.78 is 0. The summed E-state index contributed by atoms with van der Waals surface area (Å²) in [5.74, 6) is -1.09. The molecule has 1 aliphatic carbocycles. The van der Waals surface area contributed by atoms with E-state index in [-0.39, 0.29) is 5.69 Å². The highest BCUT2D eigenvalue weighted by molar-refractivity contribution is 6.34. The predicted molar refractivity (Wildman–Crippen MR) is 91.2 cm³/mol. The summed E-state index contributed by atoms with van der Waals surface area (Å²) in [6.45, 7) is 0. The number of nitrogens with zero attached hydrogens (tertiary/aromatic N) is 1. The van der Waals surface area contributed by atoms with Gasteiger partial charge in [0.25, 0.3) is 0 Å². The Bertz CT molecular complexity index is 943. The Balaban J connectivity index is 1.79. The molecule has 6 heteroatoms. The standard InChI is InChI=1S/C18H15ClN2O3/c19-14-9-15-13(16(17(22)23)21-20-15)8-12(14)10-2-4-11(5-3-10)18(24)6-1-7-18/h2-5,8-9,24H,1,6-7H2,(H,20,21)(H,22,23). The SMILES string of the molecule is O=C(O)c1n[nH]c2cc(Cl)c(-c3ccc(C4(O)CCC4)cc3)cc12. The van der Waals surface area contributed by atoms with E-state index in [4.69, 9.17) is 11.6 Å². The van der Waals surface area contributed by atoms with Gasteiger partial charge in [-0.1, -0.05) is 35.9 Å². The third-order valence-electron chi connectivity index (χ3n) is 4.77. The Morgan fingerprint density at radius 3 is 2.50 bits per heavy atom. The first-order chi connectivity index (χ1) is 11.5. The number of aromatic carboxylic acids is 1. The van der Waals surface area contributed by atoms with Crippen LogP contribution in [0.4, 0.5) is 0 Å². The van der Waals surface area contributed by atoms with E-state index in [1.165, 1.54) is 0 Å². The van der Waals surface area contributed by atoms with Crippen molar-refractivity contribution in [2.45, 2.75) is 24.9 Å². The molecule has 0 amide bonds. The number of carboxylic acids is 1. The van der Waals surface area contributed by atoms with Crippen molar-refractivity contribution in [1.82, 2.24) is 10.2 Å². The Kier molecular flexibility index (Phi) is 3.37. The average Bonchev–Trinajstić information content (AvgIpc) is 2.95. The zero-order valence-electron chi connectivity index (χ0n) is 12.7. The molecule has 122 valence electrons. The molecular formula is C18H15ClN2O3. The van der Waals surface area contributed by atoms with Crippen LogP contribution in [0.25, 0.3) is 22.0 Å². The second-order valence-electron chi connectivity index (χ2n) is 6.22. The number of benzene rings is 2. The van der Waals surface area contributed by atoms with Crippen LogP contribution in [0.2, 0.25) is 5.02 Å². The van der Waals surface area contributed by atoms with Crippen molar-refractivity contribution < 1.29 is 15.0 Å². The molecule has 1 aromatic heterocycles. The highest BCUT2D eigenvalue weighted by Gasteiger charge is 2.35. The Labute approximate surface area is 142 Å². The van der Waals surface area contributed by atoms with Gasteiger partial charge in [-0.15, -0.1) is 0 Å². The van der Waals surface area contributed by atoms with Gasteiger partial charge >= 0.3 is 5.97 Å². The van der Waals surface area contributed by atoms with E-state index in [0.29, 0.717) is 15.9 Å². The molecule has 0 aliphatic heterocycles. The molecule has 0 bridgehead atoms. The molecule has 0 radical (unpaired) electrons. The summed E-state index contributed by atoms with van der Waals surface area (Å²) in [4.78, 5) is 11.3. The molecule has 0 saturated heterocycles. The van der Waals surface area contributed by atoms with Crippen molar-refractivity contribution in [3.8, 4) is 11.1 Å². The van der Waals surface area contributed by atoms with E-state index in [1.807, 2.05) is 24.3 Å². The minimum Gasteiger partial charge on any atom is -0.476 e. The van der Waals surface area contributed by atoms with Crippen molar-refractivity contribution >= 4 is 28.5 Å². The Hall–Kier alpha value is -2.37. The minimum atomic E-state index is -1.09. The van der Waals surface area contributed by atoms with Gasteiger partial charge in [0.1, 0.15) is 0 Å². The zero-order chi connectivity index (χ0) is 16.9. The highest BCUT2D eigenvalue weighted by atomic mass is 35.5. The van der Waals surface area contributed by atoms with Crippen LogP contribution in [0, 0.1) is 0 Å². The molecule has 24 heavy (non-hydrogen) atoms. The molecule has 0 atom stereocenters. The number of H-pyrrole nitrogens is 1. The van der Waals surface area contributed by atoms with Gasteiger partial charge in [-0.05, 0) is 42.5 Å². The van der Waals surface area contributed by atoms with Crippen LogP contribution in [0.15, 0.2) is 36.4 Å². The fourth-order valence-electron chi connectivity index (χ4n) is 3.18. The number of hydrogen-bond acceptors (Lipinski definition) is 3. The van der Waals surface area contributed by atoms with Gasteiger partial charge in [-0.3, -0.25) is 5.10 Å². The molecule has 4 rings (SSSR count). The normalized spacial score (nSPS) is 16.1. The van der Waals surface area contributed by atoms with Gasteiger partial charge in [-0.2, -0.15) is 5.10 Å². The average molecular weight is 343 g/mol. The maximum atomic E-state index is 11.3. The molecule has 1 saturated carbocycles. The fraction of sp³-hybridized carbons (Fsp3) is 0.222. The number of aromatic amines is 1. The quantitative estimate of drug-likeness (QED) is 0.672. The van der Waals surface area contributed by atoms with Gasteiger partial charge in [-0.25, -0.2) is 4.79 Å². The van der Waals surface area contributed by atoms with E-state index >= 15 is 0 Å². The molecule has 5 nitrogen and oxygen atoms in total. The summed E-state index contributed by atoms with van der Waals surface area (Å²) in [5, 5.41) is 27.2. The lowest BCUT2D eigenvalue weighted by atomic mass is 9.75. The maximum Gasteiger partial charge on any atom is 0.357 e. The number of aliphatic hydroxyl groups is 1. The molecule has 1 aliphatic rings. The van der Waals surface area contributed by atoms with Crippen LogP contribution in [0.1, 0.15) is 35.3 Å². The molecule has 1 heterocycles. The molecule has 0 unspecified atom stereocenters. The number of fused-ring (bicyclic) bond motifs is 1. The second-order valence-corrected chi connectivity index (χ2v) is 6.62. The number of aromatic nitrogens is 2. The largest absolute Gasteiger partial charge is 0.476 e. The van der Waals surface area contributed by atoms with Crippen LogP contribution in [0.5, 0.6) is 0 Å². The number of carbonyl (C=O) groups is 1. The van der Waals surface area contributed by atoms with Gasteiger partial charge in [0.05, 0.1) is 16.1 Å². The van der Waals surface area contributed by atoms with Crippen molar-refractivity contribution in [2.24, 2.45) is 0 Å².